The lowest BCUT2D eigenvalue weighted by Gasteiger charge is -2.22. The third-order valence-electron chi connectivity index (χ3n) is 3.81. The number of hydrogen-bond donors (Lipinski definition) is 2. The van der Waals surface area contributed by atoms with E-state index < -0.39 is 23.1 Å². The molecule has 0 fully saturated rings. The van der Waals surface area contributed by atoms with E-state index in [1.165, 1.54) is 25.1 Å². The Kier molecular flexibility index (Phi) is 5.94. The Hall–Kier alpha value is -3.36. The van der Waals surface area contributed by atoms with E-state index in [1.807, 2.05) is 0 Å². The molecular weight excluding hydrogens is 340 g/mol. The maximum atomic E-state index is 12.7. The van der Waals surface area contributed by atoms with Crippen molar-refractivity contribution < 1.29 is 14.3 Å². The standard InChI is InChI=1S/C17H20N4O5/c1-11-7-21(17(25)19-16(11)24)9-14(22)20(10-15(23)26-2)8-12-5-3-4-6-13(12)18/h3-7H,8-10,18H2,1-2H3,(H,19,24,25). The predicted molar refractivity (Wildman–Crippen MR) is 94.3 cm³/mol. The van der Waals surface area contributed by atoms with Crippen LogP contribution in [0.25, 0.3) is 0 Å². The molecule has 0 bridgehead atoms. The zero-order valence-electron chi connectivity index (χ0n) is 14.5. The van der Waals surface area contributed by atoms with Crippen LogP contribution in [0, 0.1) is 6.92 Å². The van der Waals surface area contributed by atoms with Crippen molar-refractivity contribution in [1.29, 1.82) is 0 Å². The molecule has 0 saturated heterocycles. The van der Waals surface area contributed by atoms with Crippen LogP contribution in [0.2, 0.25) is 0 Å². The fourth-order valence-corrected chi connectivity index (χ4v) is 2.32. The second-order valence-electron chi connectivity index (χ2n) is 5.72. The first-order valence-corrected chi connectivity index (χ1v) is 7.80. The number of aryl methyl sites for hydroxylation is 1. The number of anilines is 1. The minimum absolute atomic E-state index is 0.0810. The molecule has 0 spiro atoms. The van der Waals surface area contributed by atoms with Crippen molar-refractivity contribution in [2.75, 3.05) is 19.4 Å². The van der Waals surface area contributed by atoms with Crippen LogP contribution in [-0.4, -0.2) is 40.0 Å². The molecule has 1 aromatic heterocycles. The molecule has 0 radical (unpaired) electrons. The molecule has 138 valence electrons. The molecule has 1 amide bonds. The monoisotopic (exact) mass is 360 g/mol. The highest BCUT2D eigenvalue weighted by atomic mass is 16.5. The van der Waals surface area contributed by atoms with Gasteiger partial charge in [-0.2, -0.15) is 0 Å². The second kappa shape index (κ2) is 8.15. The van der Waals surface area contributed by atoms with Gasteiger partial charge in [0.05, 0.1) is 7.11 Å². The van der Waals surface area contributed by atoms with Crippen molar-refractivity contribution in [3.8, 4) is 0 Å². The first kappa shape index (κ1) is 19.0. The molecule has 0 aliphatic heterocycles. The minimum Gasteiger partial charge on any atom is -0.468 e. The Morgan fingerprint density at radius 1 is 1.27 bits per heavy atom. The summed E-state index contributed by atoms with van der Waals surface area (Å²) in [4.78, 5) is 51.0. The number of ether oxygens (including phenoxy) is 1. The molecule has 2 aromatic rings. The van der Waals surface area contributed by atoms with E-state index >= 15 is 0 Å². The predicted octanol–water partition coefficient (Wildman–Crippen LogP) is -0.371. The Balaban J connectivity index is 2.27. The quantitative estimate of drug-likeness (QED) is 0.534. The van der Waals surface area contributed by atoms with Gasteiger partial charge in [-0.25, -0.2) is 4.79 Å². The van der Waals surface area contributed by atoms with Crippen molar-refractivity contribution in [3.63, 3.8) is 0 Å². The number of amides is 1. The lowest BCUT2D eigenvalue weighted by atomic mass is 10.1. The molecule has 0 aliphatic rings. The van der Waals surface area contributed by atoms with Crippen LogP contribution in [-0.2, 0) is 27.4 Å². The molecule has 1 aromatic carbocycles. The molecule has 0 saturated carbocycles. The number of esters is 1. The van der Waals surface area contributed by atoms with E-state index in [2.05, 4.69) is 9.72 Å². The number of carbonyl (C=O) groups is 2. The topological polar surface area (TPSA) is 127 Å². The highest BCUT2D eigenvalue weighted by molar-refractivity contribution is 5.82. The lowest BCUT2D eigenvalue weighted by molar-refractivity contribution is -0.147. The zero-order valence-corrected chi connectivity index (χ0v) is 14.5. The number of nitrogens with zero attached hydrogens (tertiary/aromatic N) is 2. The van der Waals surface area contributed by atoms with Crippen LogP contribution in [0.5, 0.6) is 0 Å². The van der Waals surface area contributed by atoms with Crippen LogP contribution < -0.4 is 17.0 Å². The van der Waals surface area contributed by atoms with Crippen molar-refractivity contribution in [1.82, 2.24) is 14.5 Å². The van der Waals surface area contributed by atoms with Crippen molar-refractivity contribution in [3.05, 3.63) is 62.4 Å². The van der Waals surface area contributed by atoms with Gasteiger partial charge in [-0.3, -0.25) is 23.9 Å². The van der Waals surface area contributed by atoms with E-state index in [1.54, 1.807) is 24.3 Å². The second-order valence-corrected chi connectivity index (χ2v) is 5.72. The molecule has 9 nitrogen and oxygen atoms in total. The van der Waals surface area contributed by atoms with Gasteiger partial charge >= 0.3 is 11.7 Å². The fraction of sp³-hybridized carbons (Fsp3) is 0.294. The molecule has 26 heavy (non-hydrogen) atoms. The summed E-state index contributed by atoms with van der Waals surface area (Å²) >= 11 is 0. The summed E-state index contributed by atoms with van der Waals surface area (Å²) in [7, 11) is 1.22. The number of para-hydroxylation sites is 1. The Labute approximate surface area is 149 Å². The molecule has 1 heterocycles. The van der Waals surface area contributed by atoms with Gasteiger partial charge in [-0.15, -0.1) is 0 Å². The summed E-state index contributed by atoms with van der Waals surface area (Å²) < 4.78 is 5.71. The lowest BCUT2D eigenvalue weighted by Crippen LogP contribution is -2.41. The van der Waals surface area contributed by atoms with Crippen molar-refractivity contribution in [2.24, 2.45) is 0 Å². The number of aromatic nitrogens is 2. The average molecular weight is 360 g/mol. The number of benzene rings is 1. The highest BCUT2D eigenvalue weighted by Gasteiger charge is 2.20. The van der Waals surface area contributed by atoms with Crippen LogP contribution in [0.3, 0.4) is 0 Å². The number of carbonyl (C=O) groups excluding carboxylic acids is 2. The van der Waals surface area contributed by atoms with Gasteiger partial charge in [0.15, 0.2) is 0 Å². The first-order chi connectivity index (χ1) is 12.3. The van der Waals surface area contributed by atoms with Gasteiger partial charge in [0, 0.05) is 24.0 Å². The normalized spacial score (nSPS) is 10.4. The van der Waals surface area contributed by atoms with Crippen LogP contribution in [0.15, 0.2) is 40.1 Å². The zero-order chi connectivity index (χ0) is 19.3. The molecule has 0 aliphatic carbocycles. The maximum absolute atomic E-state index is 12.7. The fourth-order valence-electron chi connectivity index (χ4n) is 2.32. The summed E-state index contributed by atoms with van der Waals surface area (Å²) in [5.41, 5.74) is 6.12. The van der Waals surface area contributed by atoms with Gasteiger partial charge in [-0.05, 0) is 18.6 Å². The molecule has 0 atom stereocenters. The summed E-state index contributed by atoms with van der Waals surface area (Å²) in [6, 6.07) is 6.95. The highest BCUT2D eigenvalue weighted by Crippen LogP contribution is 2.14. The van der Waals surface area contributed by atoms with Crippen LogP contribution in [0.4, 0.5) is 5.69 Å². The number of hydrogen-bond acceptors (Lipinski definition) is 6. The Morgan fingerprint density at radius 2 is 1.96 bits per heavy atom. The molecule has 9 heteroatoms. The Morgan fingerprint density at radius 3 is 2.62 bits per heavy atom. The number of nitrogens with two attached hydrogens (primary N) is 1. The summed E-state index contributed by atoms with van der Waals surface area (Å²) in [5, 5.41) is 0. The number of H-pyrrole nitrogens is 1. The van der Waals surface area contributed by atoms with Gasteiger partial charge in [0.2, 0.25) is 5.91 Å². The number of methoxy groups -OCH3 is 1. The molecular formula is C17H20N4O5. The van der Waals surface area contributed by atoms with E-state index in [4.69, 9.17) is 5.73 Å². The SMILES string of the molecule is COC(=O)CN(Cc1ccccc1N)C(=O)Cn1cc(C)c(=O)[nH]c1=O. The third kappa shape index (κ3) is 4.59. The van der Waals surface area contributed by atoms with E-state index in [0.717, 1.165) is 4.57 Å². The number of nitrogens with one attached hydrogen (secondary N) is 1. The van der Waals surface area contributed by atoms with E-state index in [0.29, 0.717) is 16.8 Å². The van der Waals surface area contributed by atoms with Crippen molar-refractivity contribution in [2.45, 2.75) is 20.0 Å². The maximum Gasteiger partial charge on any atom is 0.328 e. The van der Waals surface area contributed by atoms with Gasteiger partial charge in [0.1, 0.15) is 13.1 Å². The Bertz CT molecular complexity index is 931. The number of nitrogen functional groups attached to an aromatic ring is 1. The largest absolute Gasteiger partial charge is 0.468 e. The van der Waals surface area contributed by atoms with Crippen LogP contribution in [0.1, 0.15) is 11.1 Å². The molecule has 0 unspecified atom stereocenters. The third-order valence-corrected chi connectivity index (χ3v) is 3.81. The first-order valence-electron chi connectivity index (χ1n) is 7.80. The van der Waals surface area contributed by atoms with Crippen molar-refractivity contribution >= 4 is 17.6 Å². The molecule has 3 N–H and O–H groups in total. The summed E-state index contributed by atoms with van der Waals surface area (Å²) in [5.74, 6) is -1.09. The van der Waals surface area contributed by atoms with E-state index in [9.17, 15) is 19.2 Å². The molecule has 2 rings (SSSR count). The minimum atomic E-state index is -0.703. The summed E-state index contributed by atoms with van der Waals surface area (Å²) in [6.45, 7) is 0.981. The van der Waals surface area contributed by atoms with Crippen LogP contribution >= 0.6 is 0 Å². The van der Waals surface area contributed by atoms with Gasteiger partial charge < -0.3 is 15.4 Å². The average Bonchev–Trinajstić information content (AvgIpc) is 2.60. The number of aromatic amines is 1. The van der Waals surface area contributed by atoms with Gasteiger partial charge in [0.25, 0.3) is 5.56 Å². The van der Waals surface area contributed by atoms with Gasteiger partial charge in [-0.1, -0.05) is 18.2 Å². The van der Waals surface area contributed by atoms with E-state index in [-0.39, 0.29) is 19.6 Å². The summed E-state index contributed by atoms with van der Waals surface area (Å²) in [6.07, 6.45) is 1.30. The number of rotatable bonds is 6. The smallest absolute Gasteiger partial charge is 0.328 e.